The van der Waals surface area contributed by atoms with Gasteiger partial charge in [0.1, 0.15) is 0 Å². The predicted octanol–water partition coefficient (Wildman–Crippen LogP) is 2.68. The first-order chi connectivity index (χ1) is 13.4. The number of rotatable bonds is 8. The molecule has 0 saturated carbocycles. The summed E-state index contributed by atoms with van der Waals surface area (Å²) in [6, 6.07) is 14.4. The molecule has 2 atom stereocenters. The first kappa shape index (κ1) is 19.8. The van der Waals surface area contributed by atoms with E-state index in [0.29, 0.717) is 24.0 Å². The summed E-state index contributed by atoms with van der Waals surface area (Å²) in [5.41, 5.74) is 2.82. The molecular weight excluding hydrogens is 358 g/mol. The second-order valence-corrected chi connectivity index (χ2v) is 7.13. The molecule has 2 unspecified atom stereocenters. The van der Waals surface area contributed by atoms with Crippen molar-refractivity contribution in [3.63, 3.8) is 0 Å². The van der Waals surface area contributed by atoms with Crippen LogP contribution < -0.4 is 0 Å². The van der Waals surface area contributed by atoms with Gasteiger partial charge in [-0.05, 0) is 43.9 Å². The van der Waals surface area contributed by atoms with Crippen LogP contribution in [0.2, 0.25) is 0 Å². The fraction of sp³-hybridized carbons (Fsp3) is 0.318. The molecule has 3 rings (SSSR count). The molecular formula is C22H23NO5. The van der Waals surface area contributed by atoms with E-state index in [4.69, 9.17) is 0 Å². The lowest BCUT2D eigenvalue weighted by molar-refractivity contribution is -0.146. The number of carboxylic acids is 1. The van der Waals surface area contributed by atoms with E-state index in [1.165, 1.54) is 0 Å². The van der Waals surface area contributed by atoms with Crippen molar-refractivity contribution < 1.29 is 24.6 Å². The molecule has 6 heteroatoms. The molecule has 146 valence electrons. The lowest BCUT2D eigenvalue weighted by Crippen LogP contribution is -2.36. The number of amides is 2. The van der Waals surface area contributed by atoms with Gasteiger partial charge in [-0.2, -0.15) is 0 Å². The molecule has 0 radical (unpaired) electrons. The highest BCUT2D eigenvalue weighted by molar-refractivity contribution is 6.21. The number of benzene rings is 2. The SMILES string of the molecule is Cc1ccc(CCC(O)C(CCN2C(=O)c3ccccc3C2=O)C(=O)O)cc1. The lowest BCUT2D eigenvalue weighted by atomic mass is 9.93. The van der Waals surface area contributed by atoms with Crippen molar-refractivity contribution in [1.29, 1.82) is 0 Å². The third-order valence-corrected chi connectivity index (χ3v) is 5.17. The van der Waals surface area contributed by atoms with Crippen molar-refractivity contribution >= 4 is 17.8 Å². The maximum Gasteiger partial charge on any atom is 0.309 e. The van der Waals surface area contributed by atoms with Gasteiger partial charge in [-0.1, -0.05) is 42.0 Å². The van der Waals surface area contributed by atoms with Crippen LogP contribution in [0.5, 0.6) is 0 Å². The smallest absolute Gasteiger partial charge is 0.309 e. The van der Waals surface area contributed by atoms with Crippen LogP contribution in [-0.4, -0.2) is 45.5 Å². The number of aliphatic hydroxyl groups is 1. The molecule has 0 aromatic heterocycles. The summed E-state index contributed by atoms with van der Waals surface area (Å²) in [7, 11) is 0. The number of carboxylic acid groups (broad SMARTS) is 1. The van der Waals surface area contributed by atoms with E-state index in [-0.39, 0.29) is 13.0 Å². The van der Waals surface area contributed by atoms with Gasteiger partial charge in [0.2, 0.25) is 0 Å². The maximum atomic E-state index is 12.4. The third kappa shape index (κ3) is 4.12. The van der Waals surface area contributed by atoms with Crippen LogP contribution in [0.4, 0.5) is 0 Å². The zero-order valence-electron chi connectivity index (χ0n) is 15.7. The summed E-state index contributed by atoms with van der Waals surface area (Å²) in [5.74, 6) is -3.01. The van der Waals surface area contributed by atoms with Gasteiger partial charge in [0, 0.05) is 6.54 Å². The molecule has 2 aromatic rings. The molecule has 1 aliphatic rings. The molecule has 0 bridgehead atoms. The van der Waals surface area contributed by atoms with E-state index < -0.39 is 29.8 Å². The third-order valence-electron chi connectivity index (χ3n) is 5.17. The van der Waals surface area contributed by atoms with E-state index >= 15 is 0 Å². The Morgan fingerprint density at radius 3 is 2.07 bits per heavy atom. The summed E-state index contributed by atoms with van der Waals surface area (Å²) in [6.07, 6.45) is -0.204. The maximum absolute atomic E-state index is 12.4. The fourth-order valence-electron chi connectivity index (χ4n) is 3.46. The zero-order valence-corrected chi connectivity index (χ0v) is 15.7. The van der Waals surface area contributed by atoms with Crippen molar-refractivity contribution in [2.24, 2.45) is 5.92 Å². The number of aliphatic hydroxyl groups excluding tert-OH is 1. The van der Waals surface area contributed by atoms with E-state index in [0.717, 1.165) is 16.0 Å². The molecule has 0 saturated heterocycles. The summed E-state index contributed by atoms with van der Waals surface area (Å²) < 4.78 is 0. The Balaban J connectivity index is 1.60. The minimum absolute atomic E-state index is 0.00979. The van der Waals surface area contributed by atoms with Crippen LogP contribution in [0.15, 0.2) is 48.5 Å². The fourth-order valence-corrected chi connectivity index (χ4v) is 3.46. The standard InChI is InChI=1S/C22H23NO5/c1-14-6-8-15(9-7-14)10-11-19(24)18(22(27)28)12-13-23-20(25)16-4-2-3-5-17(16)21(23)26/h2-9,18-19,24H,10-13H2,1H3,(H,27,28). The Kier molecular flexibility index (Phi) is 5.90. The van der Waals surface area contributed by atoms with Crippen LogP contribution in [0.3, 0.4) is 0 Å². The molecule has 2 N–H and O–H groups in total. The van der Waals surface area contributed by atoms with Crippen LogP contribution in [0.25, 0.3) is 0 Å². The summed E-state index contributed by atoms with van der Waals surface area (Å²) in [6.45, 7) is 1.95. The molecule has 0 spiro atoms. The van der Waals surface area contributed by atoms with Crippen LogP contribution in [0, 0.1) is 12.8 Å². The van der Waals surface area contributed by atoms with Gasteiger partial charge in [0.25, 0.3) is 11.8 Å². The number of imide groups is 1. The second kappa shape index (κ2) is 8.35. The molecule has 2 amide bonds. The summed E-state index contributed by atoms with van der Waals surface area (Å²) >= 11 is 0. The summed E-state index contributed by atoms with van der Waals surface area (Å²) in [4.78, 5) is 37.5. The number of hydrogen-bond acceptors (Lipinski definition) is 4. The highest BCUT2D eigenvalue weighted by Crippen LogP contribution is 2.24. The Morgan fingerprint density at radius 2 is 1.54 bits per heavy atom. The average molecular weight is 381 g/mol. The van der Waals surface area contributed by atoms with Gasteiger partial charge in [-0.15, -0.1) is 0 Å². The van der Waals surface area contributed by atoms with E-state index in [1.54, 1.807) is 24.3 Å². The number of carbonyl (C=O) groups is 3. The quantitative estimate of drug-likeness (QED) is 0.686. The number of nitrogens with zero attached hydrogens (tertiary/aromatic N) is 1. The Hall–Kier alpha value is -2.99. The largest absolute Gasteiger partial charge is 0.481 e. The van der Waals surface area contributed by atoms with Gasteiger partial charge in [0.15, 0.2) is 0 Å². The Morgan fingerprint density at radius 1 is 0.964 bits per heavy atom. The molecule has 0 aliphatic carbocycles. The van der Waals surface area contributed by atoms with Crippen molar-refractivity contribution in [3.8, 4) is 0 Å². The molecule has 1 heterocycles. The number of hydrogen-bond donors (Lipinski definition) is 2. The average Bonchev–Trinajstić information content (AvgIpc) is 2.92. The molecule has 1 aliphatic heterocycles. The molecule has 2 aromatic carbocycles. The van der Waals surface area contributed by atoms with Crippen molar-refractivity contribution in [2.45, 2.75) is 32.3 Å². The first-order valence-electron chi connectivity index (χ1n) is 9.30. The molecule has 0 fully saturated rings. The highest BCUT2D eigenvalue weighted by atomic mass is 16.4. The first-order valence-corrected chi connectivity index (χ1v) is 9.30. The van der Waals surface area contributed by atoms with Crippen molar-refractivity contribution in [1.82, 2.24) is 4.90 Å². The summed E-state index contributed by atoms with van der Waals surface area (Å²) in [5, 5.41) is 19.9. The number of aliphatic carboxylic acids is 1. The van der Waals surface area contributed by atoms with Crippen LogP contribution in [0.1, 0.15) is 44.7 Å². The van der Waals surface area contributed by atoms with Crippen molar-refractivity contribution in [2.75, 3.05) is 6.54 Å². The number of fused-ring (bicyclic) bond motifs is 1. The van der Waals surface area contributed by atoms with Gasteiger partial charge in [-0.3, -0.25) is 19.3 Å². The van der Waals surface area contributed by atoms with Crippen LogP contribution >= 0.6 is 0 Å². The molecule has 6 nitrogen and oxygen atoms in total. The molecule has 28 heavy (non-hydrogen) atoms. The lowest BCUT2D eigenvalue weighted by Gasteiger charge is -2.22. The number of aryl methyl sites for hydroxylation is 2. The van der Waals surface area contributed by atoms with Gasteiger partial charge in [-0.25, -0.2) is 0 Å². The minimum atomic E-state index is -1.13. The monoisotopic (exact) mass is 381 g/mol. The predicted molar refractivity (Wildman–Crippen MR) is 103 cm³/mol. The number of carbonyl (C=O) groups excluding carboxylic acids is 2. The Bertz CT molecular complexity index is 855. The van der Waals surface area contributed by atoms with Gasteiger partial charge < -0.3 is 10.2 Å². The Labute approximate surface area is 163 Å². The zero-order chi connectivity index (χ0) is 20.3. The topological polar surface area (TPSA) is 94.9 Å². The van der Waals surface area contributed by atoms with Crippen LogP contribution in [-0.2, 0) is 11.2 Å². The van der Waals surface area contributed by atoms with Crippen molar-refractivity contribution in [3.05, 3.63) is 70.8 Å². The van der Waals surface area contributed by atoms with Gasteiger partial charge in [0.05, 0.1) is 23.1 Å². The normalized spacial score (nSPS) is 15.4. The van der Waals surface area contributed by atoms with E-state index in [9.17, 15) is 24.6 Å². The minimum Gasteiger partial charge on any atom is -0.481 e. The van der Waals surface area contributed by atoms with E-state index in [1.807, 2.05) is 31.2 Å². The second-order valence-electron chi connectivity index (χ2n) is 7.13. The highest BCUT2D eigenvalue weighted by Gasteiger charge is 2.36. The van der Waals surface area contributed by atoms with Gasteiger partial charge >= 0.3 is 5.97 Å². The van der Waals surface area contributed by atoms with E-state index in [2.05, 4.69) is 0 Å².